The Balaban J connectivity index is 1.79. The monoisotopic (exact) mass is 393 g/mol. The predicted molar refractivity (Wildman–Crippen MR) is 96.8 cm³/mol. The maximum Gasteiger partial charge on any atom is 0.573 e. The SMILES string of the molecule is O=Cc1cc(C=CCCNC(=O)OCc2ccccc2)cc(OC(F)(F)F)c1. The molecule has 8 heteroatoms. The Morgan fingerprint density at radius 3 is 2.46 bits per heavy atom. The van der Waals surface area contributed by atoms with Gasteiger partial charge in [-0.2, -0.15) is 0 Å². The van der Waals surface area contributed by atoms with Gasteiger partial charge in [0.15, 0.2) is 0 Å². The number of ether oxygens (including phenoxy) is 2. The number of hydrogen-bond donors (Lipinski definition) is 1. The number of benzene rings is 2. The van der Waals surface area contributed by atoms with Gasteiger partial charge in [0.1, 0.15) is 18.6 Å². The van der Waals surface area contributed by atoms with Crippen LogP contribution in [0, 0.1) is 0 Å². The van der Waals surface area contributed by atoms with Gasteiger partial charge in [-0.25, -0.2) is 4.79 Å². The summed E-state index contributed by atoms with van der Waals surface area (Å²) in [6.45, 7) is 0.437. The summed E-state index contributed by atoms with van der Waals surface area (Å²) in [5.41, 5.74) is 1.30. The molecule has 0 aliphatic heterocycles. The van der Waals surface area contributed by atoms with Gasteiger partial charge in [-0.05, 0) is 35.7 Å². The Morgan fingerprint density at radius 1 is 1.07 bits per heavy atom. The van der Waals surface area contributed by atoms with Crippen molar-refractivity contribution in [3.63, 3.8) is 0 Å². The maximum absolute atomic E-state index is 12.3. The standard InChI is InChI=1S/C20H18F3NO4/c21-20(22,23)28-18-11-16(10-17(12-18)13-25)8-4-5-9-24-19(26)27-14-15-6-2-1-3-7-15/h1-4,6-8,10-13H,5,9,14H2,(H,24,26). The van der Waals surface area contributed by atoms with Crippen molar-refractivity contribution in [3.8, 4) is 5.75 Å². The van der Waals surface area contributed by atoms with Crippen molar-refractivity contribution < 1.29 is 32.2 Å². The highest BCUT2D eigenvalue weighted by molar-refractivity contribution is 5.77. The molecule has 0 aliphatic rings. The van der Waals surface area contributed by atoms with Crippen LogP contribution in [0.3, 0.4) is 0 Å². The lowest BCUT2D eigenvalue weighted by molar-refractivity contribution is -0.274. The third-order valence-corrected chi connectivity index (χ3v) is 3.42. The number of hydrogen-bond acceptors (Lipinski definition) is 4. The molecule has 0 aliphatic carbocycles. The Hall–Kier alpha value is -3.29. The van der Waals surface area contributed by atoms with Gasteiger partial charge < -0.3 is 14.8 Å². The Bertz CT molecular complexity index is 820. The predicted octanol–water partition coefficient (Wildman–Crippen LogP) is 4.73. The summed E-state index contributed by atoms with van der Waals surface area (Å²) in [7, 11) is 0. The lowest BCUT2D eigenvalue weighted by Crippen LogP contribution is -2.24. The zero-order chi connectivity index (χ0) is 20.4. The minimum absolute atomic E-state index is 0.0593. The zero-order valence-electron chi connectivity index (χ0n) is 14.7. The number of nitrogens with one attached hydrogen (secondary N) is 1. The molecule has 0 bridgehead atoms. The lowest BCUT2D eigenvalue weighted by Gasteiger charge is -2.10. The van der Waals surface area contributed by atoms with E-state index in [1.54, 1.807) is 6.08 Å². The quantitative estimate of drug-likeness (QED) is 0.520. The summed E-state index contributed by atoms with van der Waals surface area (Å²) >= 11 is 0. The van der Waals surface area contributed by atoms with Crippen LogP contribution in [0.5, 0.6) is 5.75 Å². The smallest absolute Gasteiger partial charge is 0.445 e. The molecule has 0 fully saturated rings. The molecule has 0 heterocycles. The first-order valence-corrected chi connectivity index (χ1v) is 8.33. The van der Waals surface area contributed by atoms with Crippen molar-refractivity contribution in [2.45, 2.75) is 19.4 Å². The van der Waals surface area contributed by atoms with Crippen LogP contribution in [0.25, 0.3) is 6.08 Å². The molecule has 2 aromatic rings. The topological polar surface area (TPSA) is 64.6 Å². The van der Waals surface area contributed by atoms with Gasteiger partial charge in [0.25, 0.3) is 0 Å². The van der Waals surface area contributed by atoms with E-state index in [0.717, 1.165) is 11.6 Å². The Labute approximate surface area is 159 Å². The molecule has 0 spiro atoms. The first-order chi connectivity index (χ1) is 13.4. The molecule has 2 aromatic carbocycles. The number of carbonyl (C=O) groups excluding carboxylic acids is 2. The Kier molecular flexibility index (Phi) is 7.62. The second kappa shape index (κ2) is 10.1. The molecule has 0 saturated carbocycles. The fourth-order valence-corrected chi connectivity index (χ4v) is 2.25. The van der Waals surface area contributed by atoms with Gasteiger partial charge in [0.2, 0.25) is 0 Å². The van der Waals surface area contributed by atoms with E-state index in [0.29, 0.717) is 18.3 Å². The van der Waals surface area contributed by atoms with Gasteiger partial charge in [-0.15, -0.1) is 13.2 Å². The second-order valence-corrected chi connectivity index (χ2v) is 5.68. The summed E-state index contributed by atoms with van der Waals surface area (Å²) in [6.07, 6.45) is -1.37. The van der Waals surface area contributed by atoms with Crippen LogP contribution in [0.1, 0.15) is 27.9 Å². The van der Waals surface area contributed by atoms with E-state index in [1.807, 2.05) is 30.3 Å². The number of carbonyl (C=O) groups is 2. The van der Waals surface area contributed by atoms with E-state index in [4.69, 9.17) is 4.74 Å². The first-order valence-electron chi connectivity index (χ1n) is 8.33. The molecule has 2 rings (SSSR count). The number of aldehydes is 1. The van der Waals surface area contributed by atoms with Gasteiger partial charge in [-0.3, -0.25) is 4.79 Å². The van der Waals surface area contributed by atoms with Gasteiger partial charge in [0.05, 0.1) is 0 Å². The summed E-state index contributed by atoms with van der Waals surface area (Å²) in [6, 6.07) is 12.8. The largest absolute Gasteiger partial charge is 0.573 e. The normalized spacial score (nSPS) is 11.2. The van der Waals surface area contributed by atoms with Crippen molar-refractivity contribution >= 4 is 18.5 Å². The van der Waals surface area contributed by atoms with Crippen molar-refractivity contribution in [1.82, 2.24) is 5.32 Å². The van der Waals surface area contributed by atoms with Crippen LogP contribution in [-0.4, -0.2) is 25.3 Å². The van der Waals surface area contributed by atoms with E-state index < -0.39 is 18.2 Å². The van der Waals surface area contributed by atoms with E-state index >= 15 is 0 Å². The number of alkyl carbamates (subject to hydrolysis) is 1. The van der Waals surface area contributed by atoms with Crippen LogP contribution >= 0.6 is 0 Å². The van der Waals surface area contributed by atoms with Crippen LogP contribution in [-0.2, 0) is 11.3 Å². The summed E-state index contributed by atoms with van der Waals surface area (Å²) in [5, 5.41) is 2.56. The van der Waals surface area contributed by atoms with Crippen molar-refractivity contribution in [3.05, 3.63) is 71.3 Å². The second-order valence-electron chi connectivity index (χ2n) is 5.68. The highest BCUT2D eigenvalue weighted by Crippen LogP contribution is 2.25. The first kappa shape index (κ1) is 21.0. The number of amides is 1. The van der Waals surface area contributed by atoms with Gasteiger partial charge in [-0.1, -0.05) is 42.5 Å². The fraction of sp³-hybridized carbons (Fsp3) is 0.200. The molecule has 0 saturated heterocycles. The van der Waals surface area contributed by atoms with Gasteiger partial charge in [0, 0.05) is 12.1 Å². The van der Waals surface area contributed by atoms with Crippen LogP contribution in [0.2, 0.25) is 0 Å². The average molecular weight is 393 g/mol. The number of rotatable bonds is 8. The molecule has 0 atom stereocenters. The van der Waals surface area contributed by atoms with Crippen molar-refractivity contribution in [2.75, 3.05) is 6.54 Å². The minimum atomic E-state index is -4.84. The van der Waals surface area contributed by atoms with Crippen LogP contribution < -0.4 is 10.1 Å². The molecule has 5 nitrogen and oxygen atoms in total. The third kappa shape index (κ3) is 7.94. The summed E-state index contributed by atoms with van der Waals surface area (Å²) in [4.78, 5) is 22.5. The fourth-order valence-electron chi connectivity index (χ4n) is 2.25. The molecular formula is C20H18F3NO4. The molecule has 1 N–H and O–H groups in total. The van der Waals surface area contributed by atoms with Crippen molar-refractivity contribution in [2.24, 2.45) is 0 Å². The molecule has 28 heavy (non-hydrogen) atoms. The van der Waals surface area contributed by atoms with Crippen LogP contribution in [0.15, 0.2) is 54.6 Å². The molecule has 0 unspecified atom stereocenters. The van der Waals surface area contributed by atoms with E-state index in [2.05, 4.69) is 10.1 Å². The zero-order valence-corrected chi connectivity index (χ0v) is 14.7. The van der Waals surface area contributed by atoms with E-state index in [-0.39, 0.29) is 18.7 Å². The number of halogens is 3. The highest BCUT2D eigenvalue weighted by Gasteiger charge is 2.31. The molecule has 0 aromatic heterocycles. The summed E-state index contributed by atoms with van der Waals surface area (Å²) in [5.74, 6) is -0.473. The maximum atomic E-state index is 12.3. The lowest BCUT2D eigenvalue weighted by atomic mass is 10.1. The van der Waals surface area contributed by atoms with Gasteiger partial charge >= 0.3 is 12.5 Å². The third-order valence-electron chi connectivity index (χ3n) is 3.42. The molecular weight excluding hydrogens is 375 g/mol. The number of alkyl halides is 3. The van der Waals surface area contributed by atoms with Crippen LogP contribution in [0.4, 0.5) is 18.0 Å². The highest BCUT2D eigenvalue weighted by atomic mass is 19.4. The summed E-state index contributed by atoms with van der Waals surface area (Å²) < 4.78 is 45.9. The molecule has 148 valence electrons. The van der Waals surface area contributed by atoms with E-state index in [9.17, 15) is 22.8 Å². The van der Waals surface area contributed by atoms with E-state index in [1.165, 1.54) is 18.2 Å². The molecule has 0 radical (unpaired) electrons. The average Bonchev–Trinajstić information content (AvgIpc) is 2.65. The van der Waals surface area contributed by atoms with Crippen molar-refractivity contribution in [1.29, 1.82) is 0 Å². The minimum Gasteiger partial charge on any atom is -0.445 e. The Morgan fingerprint density at radius 2 is 1.79 bits per heavy atom. The molecule has 1 amide bonds.